The van der Waals surface area contributed by atoms with Gasteiger partial charge in [0.1, 0.15) is 11.8 Å². The minimum Gasteiger partial charge on any atom is -0.493 e. The summed E-state index contributed by atoms with van der Waals surface area (Å²) in [6, 6.07) is 4.31. The number of halogens is 3. The highest BCUT2D eigenvalue weighted by atomic mass is 19.4. The van der Waals surface area contributed by atoms with Crippen LogP contribution in [0.1, 0.15) is 83.6 Å². The Bertz CT molecular complexity index is 993. The molecule has 1 amide bonds. The molecule has 1 unspecified atom stereocenters. The average Bonchev–Trinajstić information content (AvgIpc) is 3.46. The van der Waals surface area contributed by atoms with E-state index >= 15 is 0 Å². The van der Waals surface area contributed by atoms with E-state index in [0.29, 0.717) is 31.8 Å². The van der Waals surface area contributed by atoms with Gasteiger partial charge in [0.15, 0.2) is 0 Å². The van der Waals surface area contributed by atoms with Gasteiger partial charge < -0.3 is 19.6 Å². The molecular weight excluding hydrogens is 557 g/mol. The van der Waals surface area contributed by atoms with Gasteiger partial charge in [0.25, 0.3) is 5.09 Å². The van der Waals surface area contributed by atoms with Crippen molar-refractivity contribution in [2.24, 2.45) is 5.92 Å². The molecule has 0 aliphatic heterocycles. The van der Waals surface area contributed by atoms with Crippen LogP contribution in [-0.2, 0) is 25.3 Å². The molecule has 1 aliphatic rings. The lowest BCUT2D eigenvalue weighted by Gasteiger charge is -2.13. The summed E-state index contributed by atoms with van der Waals surface area (Å²) in [4.78, 5) is 37.2. The molecule has 0 radical (unpaired) electrons. The number of carbonyl (C=O) groups excluding carboxylic acids is 2. The second kappa shape index (κ2) is 21.2. The summed E-state index contributed by atoms with van der Waals surface area (Å²) in [6.45, 7) is 4.00. The lowest BCUT2D eigenvalue weighted by molar-refractivity contribution is -0.757. The van der Waals surface area contributed by atoms with Crippen LogP contribution in [-0.4, -0.2) is 42.8 Å². The van der Waals surface area contributed by atoms with E-state index < -0.39 is 28.8 Å². The highest BCUT2D eigenvalue weighted by Crippen LogP contribution is 2.31. The number of alkyl halides is 3. The second-order valence-corrected chi connectivity index (χ2v) is 9.82. The molecule has 2 rings (SSSR count). The molecule has 1 saturated carbocycles. The van der Waals surface area contributed by atoms with Crippen LogP contribution in [0, 0.1) is 16.0 Å². The van der Waals surface area contributed by atoms with Crippen LogP contribution < -0.4 is 10.1 Å². The van der Waals surface area contributed by atoms with Crippen LogP contribution in [0.2, 0.25) is 0 Å². The zero-order valence-electron chi connectivity index (χ0n) is 24.4. The predicted octanol–water partition coefficient (Wildman–Crippen LogP) is 6.99. The van der Waals surface area contributed by atoms with Crippen molar-refractivity contribution < 1.29 is 42.2 Å². The third-order valence-corrected chi connectivity index (χ3v) is 6.24. The van der Waals surface area contributed by atoms with Crippen LogP contribution in [0.4, 0.5) is 13.2 Å². The van der Waals surface area contributed by atoms with Crippen LogP contribution in [0.15, 0.2) is 48.6 Å². The number of benzene rings is 1. The summed E-state index contributed by atoms with van der Waals surface area (Å²) in [7, 11) is 0. The fourth-order valence-electron chi connectivity index (χ4n) is 4.01. The van der Waals surface area contributed by atoms with Crippen molar-refractivity contribution in [1.29, 1.82) is 0 Å². The molecule has 0 spiro atoms. The van der Waals surface area contributed by atoms with E-state index in [-0.39, 0.29) is 24.9 Å². The Labute approximate surface area is 245 Å². The SMILES string of the molecule is C/C=C\CCCC(=O)NC(C)C(=O)OCCCCO[N+](=O)[O-].FC(F)(F)c1cccc(OCC/C=C/C2CCCC2)c1. The number of amides is 1. The zero-order valence-corrected chi connectivity index (χ0v) is 24.4. The average molecular weight is 601 g/mol. The third kappa shape index (κ3) is 18.0. The first-order valence-corrected chi connectivity index (χ1v) is 14.3. The van der Waals surface area contributed by atoms with Crippen LogP contribution in [0.5, 0.6) is 5.75 Å². The number of nitrogens with zero attached hydrogens (tertiary/aromatic N) is 1. The molecule has 236 valence electrons. The fourth-order valence-corrected chi connectivity index (χ4v) is 4.01. The number of rotatable bonds is 17. The Balaban J connectivity index is 0.000000421. The first kappa shape index (κ1) is 36.5. The smallest absolute Gasteiger partial charge is 0.416 e. The summed E-state index contributed by atoms with van der Waals surface area (Å²) < 4.78 is 47.9. The highest BCUT2D eigenvalue weighted by Gasteiger charge is 2.30. The van der Waals surface area contributed by atoms with Gasteiger partial charge in [-0.05, 0) is 82.9 Å². The number of unbranched alkanes of at least 4 members (excludes halogenated alkanes) is 2. The molecule has 1 aliphatic carbocycles. The van der Waals surface area contributed by atoms with Crippen molar-refractivity contribution in [1.82, 2.24) is 5.32 Å². The minimum absolute atomic E-state index is 0.0248. The lowest BCUT2D eigenvalue weighted by atomic mass is 10.1. The van der Waals surface area contributed by atoms with E-state index in [0.717, 1.165) is 31.4 Å². The van der Waals surface area contributed by atoms with Gasteiger partial charge in [-0.2, -0.15) is 13.2 Å². The van der Waals surface area contributed by atoms with Crippen molar-refractivity contribution in [3.8, 4) is 5.75 Å². The highest BCUT2D eigenvalue weighted by molar-refractivity contribution is 5.84. The van der Waals surface area contributed by atoms with Gasteiger partial charge in [-0.3, -0.25) is 4.79 Å². The van der Waals surface area contributed by atoms with E-state index in [9.17, 15) is 32.9 Å². The Morgan fingerprint density at radius 1 is 1.10 bits per heavy atom. The van der Waals surface area contributed by atoms with E-state index in [1.807, 2.05) is 19.1 Å². The van der Waals surface area contributed by atoms with E-state index in [4.69, 9.17) is 9.47 Å². The van der Waals surface area contributed by atoms with Gasteiger partial charge in [-0.25, -0.2) is 4.79 Å². The Kier molecular flexibility index (Phi) is 18.4. The topological polar surface area (TPSA) is 117 Å². The maximum Gasteiger partial charge on any atom is 0.416 e. The second-order valence-electron chi connectivity index (χ2n) is 9.82. The Morgan fingerprint density at radius 3 is 2.48 bits per heavy atom. The standard InChI is InChI=1S/C16H19F3O.C14H24N2O6/c17-16(18,19)14-9-5-10-15(12-14)20-11-4-3-8-13-6-1-2-7-13;1-3-4-5-6-9-13(17)15-12(2)14(18)21-10-7-8-11-22-16(19)20/h3,5,8-10,12-13H,1-2,4,6-7,11H2;3-4,12H,5-11H2,1-2H3,(H,15,17)/b8-3+;4-3-. The number of allylic oxidation sites excluding steroid dienone is 3. The van der Waals surface area contributed by atoms with Crippen molar-refractivity contribution in [3.05, 3.63) is 64.2 Å². The van der Waals surface area contributed by atoms with E-state index in [1.54, 1.807) is 13.0 Å². The molecule has 1 aromatic rings. The third-order valence-electron chi connectivity index (χ3n) is 6.24. The first-order chi connectivity index (χ1) is 20.0. The molecule has 0 heterocycles. The number of hydrogen-bond acceptors (Lipinski definition) is 7. The van der Waals surface area contributed by atoms with Gasteiger partial charge in [0.05, 0.1) is 25.4 Å². The van der Waals surface area contributed by atoms with E-state index in [1.165, 1.54) is 31.7 Å². The van der Waals surface area contributed by atoms with Crippen molar-refractivity contribution in [3.63, 3.8) is 0 Å². The van der Waals surface area contributed by atoms with Gasteiger partial charge >= 0.3 is 12.1 Å². The van der Waals surface area contributed by atoms with Crippen LogP contribution in [0.3, 0.4) is 0 Å². The summed E-state index contributed by atoms with van der Waals surface area (Å²) in [5, 5.41) is 11.6. The van der Waals surface area contributed by atoms with Crippen LogP contribution in [0.25, 0.3) is 0 Å². The number of hydrogen-bond donors (Lipinski definition) is 1. The van der Waals surface area contributed by atoms with Crippen molar-refractivity contribution in [2.45, 2.75) is 90.3 Å². The number of carbonyl (C=O) groups is 2. The van der Waals surface area contributed by atoms with Gasteiger partial charge in [0.2, 0.25) is 5.91 Å². The van der Waals surface area contributed by atoms with Crippen LogP contribution >= 0.6 is 0 Å². The van der Waals surface area contributed by atoms with Gasteiger partial charge in [-0.1, -0.05) is 43.2 Å². The maximum absolute atomic E-state index is 12.5. The molecule has 12 heteroatoms. The molecule has 1 aromatic carbocycles. The molecule has 0 bridgehead atoms. The molecule has 1 fully saturated rings. The van der Waals surface area contributed by atoms with Gasteiger partial charge in [-0.15, -0.1) is 10.1 Å². The van der Waals surface area contributed by atoms with Crippen molar-refractivity contribution >= 4 is 11.9 Å². The summed E-state index contributed by atoms with van der Waals surface area (Å²) in [5.41, 5.74) is -0.670. The molecule has 1 atom stereocenters. The Morgan fingerprint density at radius 2 is 1.81 bits per heavy atom. The summed E-state index contributed by atoms with van der Waals surface area (Å²) in [6.07, 6.45) is 12.5. The maximum atomic E-state index is 12.5. The molecule has 9 nitrogen and oxygen atoms in total. The minimum atomic E-state index is -4.32. The van der Waals surface area contributed by atoms with E-state index in [2.05, 4.69) is 22.3 Å². The molecule has 0 aromatic heterocycles. The monoisotopic (exact) mass is 600 g/mol. The number of esters is 1. The predicted molar refractivity (Wildman–Crippen MR) is 152 cm³/mol. The van der Waals surface area contributed by atoms with Crippen molar-refractivity contribution in [2.75, 3.05) is 19.8 Å². The summed E-state index contributed by atoms with van der Waals surface area (Å²) >= 11 is 0. The molecule has 42 heavy (non-hydrogen) atoms. The van der Waals surface area contributed by atoms with Gasteiger partial charge in [0, 0.05) is 6.42 Å². The quantitative estimate of drug-likeness (QED) is 0.0673. The Hall–Kier alpha value is -3.57. The lowest BCUT2D eigenvalue weighted by Crippen LogP contribution is -2.39. The fraction of sp³-hybridized carbons (Fsp3) is 0.600. The summed E-state index contributed by atoms with van der Waals surface area (Å²) in [5.74, 6) is 0.253. The number of nitrogens with one attached hydrogen (secondary N) is 1. The first-order valence-electron chi connectivity index (χ1n) is 14.3. The zero-order chi connectivity index (χ0) is 31.2. The molecule has 1 N–H and O–H groups in total. The molecular formula is C30H43F3N2O7. The number of ether oxygens (including phenoxy) is 2. The molecule has 0 saturated heterocycles. The largest absolute Gasteiger partial charge is 0.493 e. The normalized spacial score (nSPS) is 14.3.